The van der Waals surface area contributed by atoms with Crippen molar-refractivity contribution in [2.24, 2.45) is 0 Å². The summed E-state index contributed by atoms with van der Waals surface area (Å²) in [5.74, 6) is -0.610. The van der Waals surface area contributed by atoms with Crippen molar-refractivity contribution in [3.05, 3.63) is 46.2 Å². The van der Waals surface area contributed by atoms with Crippen LogP contribution < -0.4 is 4.90 Å². The van der Waals surface area contributed by atoms with Crippen LogP contribution in [0, 0.1) is 0 Å². The predicted molar refractivity (Wildman–Crippen MR) is 97.2 cm³/mol. The number of nitrogens with one attached hydrogen (secondary N) is 1. The number of halogens is 1. The standard InChI is InChI=1S/C19H20ClN3O3/c20-12-4-3-5-13(10-12)23-9-8-17(19(23)25)26-18(24)11-16-14-6-1-2-7-15(14)21-22-16/h3-5,10,17H,1-2,6-9,11H2,(H,21,22). The molecule has 4 rings (SSSR count). The summed E-state index contributed by atoms with van der Waals surface area (Å²) >= 11 is 6.00. The van der Waals surface area contributed by atoms with Crippen molar-refractivity contribution in [1.82, 2.24) is 10.2 Å². The number of carbonyl (C=O) groups is 2. The molecule has 1 amide bonds. The normalized spacial score (nSPS) is 19.5. The lowest BCUT2D eigenvalue weighted by Crippen LogP contribution is -2.32. The second-order valence-corrected chi connectivity index (χ2v) is 7.18. The molecule has 26 heavy (non-hydrogen) atoms. The van der Waals surface area contributed by atoms with Gasteiger partial charge in [0.25, 0.3) is 5.91 Å². The van der Waals surface area contributed by atoms with Gasteiger partial charge >= 0.3 is 5.97 Å². The summed E-state index contributed by atoms with van der Waals surface area (Å²) in [5.41, 5.74) is 3.75. The first-order valence-corrected chi connectivity index (χ1v) is 9.31. The Balaban J connectivity index is 1.39. The average molecular weight is 374 g/mol. The Morgan fingerprint density at radius 1 is 1.35 bits per heavy atom. The summed E-state index contributed by atoms with van der Waals surface area (Å²) in [4.78, 5) is 26.5. The highest BCUT2D eigenvalue weighted by Gasteiger charge is 2.35. The third kappa shape index (κ3) is 3.33. The minimum Gasteiger partial charge on any atom is -0.452 e. The lowest BCUT2D eigenvalue weighted by atomic mass is 9.95. The number of aryl methyl sites for hydroxylation is 1. The largest absolute Gasteiger partial charge is 0.452 e. The fourth-order valence-electron chi connectivity index (χ4n) is 3.70. The second kappa shape index (κ2) is 7.11. The van der Waals surface area contributed by atoms with Gasteiger partial charge in [0.15, 0.2) is 6.10 Å². The van der Waals surface area contributed by atoms with E-state index < -0.39 is 12.1 Å². The molecule has 1 N–H and O–H groups in total. The first-order chi connectivity index (χ1) is 12.6. The molecule has 136 valence electrons. The van der Waals surface area contributed by atoms with E-state index in [-0.39, 0.29) is 12.3 Å². The van der Waals surface area contributed by atoms with Crippen LogP contribution in [0.2, 0.25) is 5.02 Å². The lowest BCUT2D eigenvalue weighted by Gasteiger charge is -2.17. The van der Waals surface area contributed by atoms with Crippen LogP contribution in [-0.4, -0.2) is 34.7 Å². The van der Waals surface area contributed by atoms with E-state index in [1.54, 1.807) is 23.1 Å². The Morgan fingerprint density at radius 3 is 3.04 bits per heavy atom. The maximum Gasteiger partial charge on any atom is 0.312 e. The van der Waals surface area contributed by atoms with E-state index in [0.717, 1.165) is 48.3 Å². The monoisotopic (exact) mass is 373 g/mol. The maximum absolute atomic E-state index is 12.6. The number of amides is 1. The van der Waals surface area contributed by atoms with Crippen molar-refractivity contribution in [2.45, 2.75) is 44.6 Å². The van der Waals surface area contributed by atoms with Gasteiger partial charge in [0.2, 0.25) is 0 Å². The molecular weight excluding hydrogens is 354 g/mol. The molecule has 6 nitrogen and oxygen atoms in total. The number of nitrogens with zero attached hydrogens (tertiary/aromatic N) is 2. The molecule has 0 radical (unpaired) electrons. The highest BCUT2D eigenvalue weighted by atomic mass is 35.5. The molecule has 0 bridgehead atoms. The number of rotatable bonds is 4. The van der Waals surface area contributed by atoms with Gasteiger partial charge in [-0.15, -0.1) is 0 Å². The first-order valence-electron chi connectivity index (χ1n) is 8.93. The molecule has 2 aromatic rings. The number of aromatic nitrogens is 2. The van der Waals surface area contributed by atoms with E-state index in [1.807, 2.05) is 6.07 Å². The number of carbonyl (C=O) groups excluding carboxylic acids is 2. The van der Waals surface area contributed by atoms with E-state index in [4.69, 9.17) is 16.3 Å². The van der Waals surface area contributed by atoms with E-state index in [2.05, 4.69) is 10.2 Å². The highest BCUT2D eigenvalue weighted by molar-refractivity contribution is 6.31. The topological polar surface area (TPSA) is 75.3 Å². The first kappa shape index (κ1) is 17.1. The third-order valence-electron chi connectivity index (χ3n) is 5.00. The van der Waals surface area contributed by atoms with Crippen molar-refractivity contribution < 1.29 is 14.3 Å². The molecule has 7 heteroatoms. The molecule has 1 aliphatic carbocycles. The van der Waals surface area contributed by atoms with Gasteiger partial charge in [0.1, 0.15) is 0 Å². The fraction of sp³-hybridized carbons (Fsp3) is 0.421. The van der Waals surface area contributed by atoms with Crippen LogP contribution in [0.4, 0.5) is 5.69 Å². The van der Waals surface area contributed by atoms with Crippen LogP contribution in [0.25, 0.3) is 0 Å². The molecule has 0 spiro atoms. The van der Waals surface area contributed by atoms with Gasteiger partial charge < -0.3 is 9.64 Å². The molecule has 0 saturated carbocycles. The predicted octanol–water partition coefficient (Wildman–Crippen LogP) is 2.83. The van der Waals surface area contributed by atoms with Gasteiger partial charge in [-0.25, -0.2) is 0 Å². The number of hydrogen-bond acceptors (Lipinski definition) is 4. The van der Waals surface area contributed by atoms with E-state index in [0.29, 0.717) is 18.0 Å². The van der Waals surface area contributed by atoms with Crippen molar-refractivity contribution in [3.8, 4) is 0 Å². The number of hydrogen-bond donors (Lipinski definition) is 1. The molecule has 1 aromatic carbocycles. The van der Waals surface area contributed by atoms with Crippen LogP contribution >= 0.6 is 11.6 Å². The molecule has 1 fully saturated rings. The Kier molecular flexibility index (Phi) is 4.68. The minimum absolute atomic E-state index is 0.104. The summed E-state index contributed by atoms with van der Waals surface area (Å²) in [6.45, 7) is 0.509. The van der Waals surface area contributed by atoms with E-state index in [9.17, 15) is 9.59 Å². The zero-order valence-corrected chi connectivity index (χ0v) is 15.1. The summed E-state index contributed by atoms with van der Waals surface area (Å²) < 4.78 is 5.45. The van der Waals surface area contributed by atoms with Crippen molar-refractivity contribution in [2.75, 3.05) is 11.4 Å². The number of aromatic amines is 1. The van der Waals surface area contributed by atoms with E-state index in [1.165, 1.54) is 0 Å². The van der Waals surface area contributed by atoms with Gasteiger partial charge in [-0.1, -0.05) is 17.7 Å². The molecular formula is C19H20ClN3O3. The number of H-pyrrole nitrogens is 1. The SMILES string of the molecule is O=C(Cc1n[nH]c2c1CCCC2)OC1CCN(c2cccc(Cl)c2)C1=O. The quantitative estimate of drug-likeness (QED) is 0.836. The Hall–Kier alpha value is -2.34. The Labute approximate surface area is 156 Å². The molecule has 1 aromatic heterocycles. The summed E-state index contributed by atoms with van der Waals surface area (Å²) in [6, 6.07) is 7.11. The molecule has 2 aliphatic rings. The lowest BCUT2D eigenvalue weighted by molar-refractivity contribution is -0.152. The van der Waals surface area contributed by atoms with Crippen molar-refractivity contribution in [3.63, 3.8) is 0 Å². The number of benzene rings is 1. The number of fused-ring (bicyclic) bond motifs is 1. The molecule has 2 heterocycles. The zero-order valence-electron chi connectivity index (χ0n) is 14.3. The van der Waals surface area contributed by atoms with Gasteiger partial charge in [-0.2, -0.15) is 5.10 Å². The fourth-order valence-corrected chi connectivity index (χ4v) is 3.88. The van der Waals surface area contributed by atoms with Gasteiger partial charge in [0.05, 0.1) is 12.1 Å². The molecule has 1 saturated heterocycles. The summed E-state index contributed by atoms with van der Waals surface area (Å²) in [6.07, 6.45) is 4.03. The number of ether oxygens (including phenoxy) is 1. The van der Waals surface area contributed by atoms with Crippen molar-refractivity contribution in [1.29, 1.82) is 0 Å². The van der Waals surface area contributed by atoms with E-state index >= 15 is 0 Å². The highest BCUT2D eigenvalue weighted by Crippen LogP contribution is 2.26. The number of esters is 1. The molecule has 1 atom stereocenters. The molecule has 1 aliphatic heterocycles. The zero-order chi connectivity index (χ0) is 18.1. The molecule has 1 unspecified atom stereocenters. The minimum atomic E-state index is -0.740. The Bertz CT molecular complexity index is 848. The van der Waals surface area contributed by atoms with Crippen LogP contribution in [0.5, 0.6) is 0 Å². The average Bonchev–Trinajstić information content (AvgIpc) is 3.20. The second-order valence-electron chi connectivity index (χ2n) is 6.75. The number of anilines is 1. The third-order valence-corrected chi connectivity index (χ3v) is 5.24. The van der Waals surface area contributed by atoms with Crippen molar-refractivity contribution >= 4 is 29.2 Å². The van der Waals surface area contributed by atoms with Crippen LogP contribution in [0.15, 0.2) is 24.3 Å². The maximum atomic E-state index is 12.6. The Morgan fingerprint density at radius 2 is 2.19 bits per heavy atom. The van der Waals surface area contributed by atoms with Crippen LogP contribution in [0.3, 0.4) is 0 Å². The van der Waals surface area contributed by atoms with Crippen LogP contribution in [0.1, 0.15) is 36.2 Å². The van der Waals surface area contributed by atoms with Crippen LogP contribution in [-0.2, 0) is 33.6 Å². The van der Waals surface area contributed by atoms with Gasteiger partial charge in [-0.05, 0) is 49.4 Å². The summed E-state index contributed by atoms with van der Waals surface area (Å²) in [5, 5.41) is 7.86. The van der Waals surface area contributed by atoms with Gasteiger partial charge in [0, 0.05) is 29.4 Å². The van der Waals surface area contributed by atoms with Gasteiger partial charge in [-0.3, -0.25) is 14.7 Å². The summed E-state index contributed by atoms with van der Waals surface area (Å²) in [7, 11) is 0. The smallest absolute Gasteiger partial charge is 0.312 e.